The monoisotopic (exact) mass is 632 g/mol. The Bertz CT molecular complexity index is 1570. The average Bonchev–Trinajstić information content (AvgIpc) is 3.05. The molecule has 0 aliphatic rings. The molecule has 0 unspecified atom stereocenters. The van der Waals surface area contributed by atoms with Crippen molar-refractivity contribution < 1.29 is 22.8 Å². The summed E-state index contributed by atoms with van der Waals surface area (Å²) in [6, 6.07) is 16.4. The molecule has 0 fully saturated rings. The van der Waals surface area contributed by atoms with E-state index in [4.69, 9.17) is 0 Å². The molecule has 0 spiro atoms. The number of carbonyl (C=O) groups is 2. The molecular formula is C37H43F3N4O2. The zero-order valence-corrected chi connectivity index (χ0v) is 27.0. The Labute approximate surface area is 270 Å². The van der Waals surface area contributed by atoms with E-state index in [0.717, 1.165) is 62.2 Å². The number of pyridine rings is 1. The van der Waals surface area contributed by atoms with Gasteiger partial charge in [0.15, 0.2) is 0 Å². The number of alkyl halides is 3. The summed E-state index contributed by atoms with van der Waals surface area (Å²) in [5.41, 5.74) is 3.84. The number of hydrogen-bond donors (Lipinski definition) is 2. The van der Waals surface area contributed by atoms with E-state index in [0.29, 0.717) is 22.5 Å². The van der Waals surface area contributed by atoms with Crippen molar-refractivity contribution in [2.75, 3.05) is 29.9 Å². The van der Waals surface area contributed by atoms with Gasteiger partial charge in [0.25, 0.3) is 11.8 Å². The Morgan fingerprint density at radius 2 is 1.70 bits per heavy atom. The third-order valence-electron chi connectivity index (χ3n) is 7.63. The first-order valence-electron chi connectivity index (χ1n) is 15.6. The number of nitrogens with zero attached hydrogens (tertiary/aromatic N) is 2. The van der Waals surface area contributed by atoms with E-state index in [-0.39, 0.29) is 23.6 Å². The first-order valence-corrected chi connectivity index (χ1v) is 15.6. The minimum Gasteiger partial charge on any atom is -0.372 e. The SMILES string of the molecule is C=C/C(=C\C(=C/C)C(F)(F)F)CNC(=O)c1ccnc(-c2cc(N(CC)CC)ccc2NC(=O)c2cccc(CCCCC)c2)c1. The van der Waals surface area contributed by atoms with Gasteiger partial charge in [-0.25, -0.2) is 0 Å². The maximum absolute atomic E-state index is 13.4. The number of aromatic nitrogens is 1. The number of anilines is 2. The smallest absolute Gasteiger partial charge is 0.372 e. The van der Waals surface area contributed by atoms with Gasteiger partial charge in [0.1, 0.15) is 0 Å². The number of aryl methyl sites for hydroxylation is 1. The summed E-state index contributed by atoms with van der Waals surface area (Å²) < 4.78 is 39.7. The molecule has 0 saturated heterocycles. The molecule has 0 bridgehead atoms. The van der Waals surface area contributed by atoms with Crippen molar-refractivity contribution in [1.29, 1.82) is 0 Å². The Morgan fingerprint density at radius 3 is 2.35 bits per heavy atom. The van der Waals surface area contributed by atoms with E-state index in [1.165, 1.54) is 25.3 Å². The molecular weight excluding hydrogens is 589 g/mol. The lowest BCUT2D eigenvalue weighted by molar-refractivity contribution is -0.0883. The molecule has 0 aliphatic heterocycles. The second-order valence-corrected chi connectivity index (χ2v) is 10.8. The molecule has 6 nitrogen and oxygen atoms in total. The Balaban J connectivity index is 1.92. The van der Waals surface area contributed by atoms with Crippen LogP contribution in [0.2, 0.25) is 0 Å². The molecule has 0 aliphatic carbocycles. The number of halogens is 3. The van der Waals surface area contributed by atoms with Gasteiger partial charge in [-0.3, -0.25) is 14.6 Å². The van der Waals surface area contributed by atoms with Crippen LogP contribution >= 0.6 is 0 Å². The van der Waals surface area contributed by atoms with Gasteiger partial charge in [0, 0.05) is 48.2 Å². The molecule has 2 amide bonds. The fraction of sp³-hybridized carbons (Fsp3) is 0.324. The van der Waals surface area contributed by atoms with E-state index < -0.39 is 17.7 Å². The predicted octanol–water partition coefficient (Wildman–Crippen LogP) is 8.93. The average molecular weight is 633 g/mol. The molecule has 0 atom stereocenters. The molecule has 1 heterocycles. The Kier molecular flexibility index (Phi) is 13.4. The summed E-state index contributed by atoms with van der Waals surface area (Å²) in [5, 5.41) is 5.71. The second-order valence-electron chi connectivity index (χ2n) is 10.8. The van der Waals surface area contributed by atoms with E-state index in [2.05, 4.69) is 47.9 Å². The van der Waals surface area contributed by atoms with Crippen LogP contribution in [-0.2, 0) is 6.42 Å². The molecule has 3 aromatic rings. The van der Waals surface area contributed by atoms with Crippen LogP contribution in [-0.4, -0.2) is 42.6 Å². The minimum absolute atomic E-state index is 0.149. The maximum Gasteiger partial charge on any atom is 0.416 e. The van der Waals surface area contributed by atoms with Crippen LogP contribution in [0.15, 0.2) is 96.7 Å². The number of nitrogens with one attached hydrogen (secondary N) is 2. The van der Waals surface area contributed by atoms with Gasteiger partial charge in [-0.1, -0.05) is 50.6 Å². The zero-order chi connectivity index (χ0) is 33.7. The molecule has 2 N–H and O–H groups in total. The van der Waals surface area contributed by atoms with Crippen molar-refractivity contribution in [3.8, 4) is 11.3 Å². The Hall–Kier alpha value is -4.66. The van der Waals surface area contributed by atoms with Crippen molar-refractivity contribution in [2.45, 2.75) is 59.6 Å². The van der Waals surface area contributed by atoms with Crippen LogP contribution in [0.25, 0.3) is 11.3 Å². The highest BCUT2D eigenvalue weighted by Crippen LogP contribution is 2.32. The molecule has 2 aromatic carbocycles. The van der Waals surface area contributed by atoms with E-state index in [1.807, 2.05) is 36.4 Å². The van der Waals surface area contributed by atoms with Gasteiger partial charge in [0.05, 0.1) is 17.0 Å². The number of benzene rings is 2. The van der Waals surface area contributed by atoms with Crippen molar-refractivity contribution in [3.05, 3.63) is 113 Å². The van der Waals surface area contributed by atoms with Gasteiger partial charge in [0.2, 0.25) is 0 Å². The van der Waals surface area contributed by atoms with Crippen molar-refractivity contribution >= 4 is 23.2 Å². The number of rotatable bonds is 15. The third-order valence-corrected chi connectivity index (χ3v) is 7.63. The summed E-state index contributed by atoms with van der Waals surface area (Å²) in [6.07, 6.45) is 4.39. The second kappa shape index (κ2) is 17.1. The van der Waals surface area contributed by atoms with Crippen LogP contribution < -0.4 is 15.5 Å². The highest BCUT2D eigenvalue weighted by molar-refractivity contribution is 6.06. The van der Waals surface area contributed by atoms with E-state index in [9.17, 15) is 22.8 Å². The van der Waals surface area contributed by atoms with Crippen molar-refractivity contribution in [1.82, 2.24) is 10.3 Å². The molecule has 9 heteroatoms. The lowest BCUT2D eigenvalue weighted by Crippen LogP contribution is -2.25. The predicted molar refractivity (Wildman–Crippen MR) is 181 cm³/mol. The highest BCUT2D eigenvalue weighted by Gasteiger charge is 2.31. The first-order chi connectivity index (χ1) is 22.0. The zero-order valence-electron chi connectivity index (χ0n) is 27.0. The van der Waals surface area contributed by atoms with Crippen LogP contribution in [0.5, 0.6) is 0 Å². The van der Waals surface area contributed by atoms with Gasteiger partial charge >= 0.3 is 6.18 Å². The standard InChI is InChI=1S/C37H43F3N4O2/c1-6-11-12-14-27-15-13-16-28(21-27)36(46)43-33-18-17-31(44(9-4)10-5)24-32(33)34-23-29(19-20-41-34)35(45)42-25-26(7-2)22-30(8-3)37(38,39)40/h7-8,13,15-24H,2,6,9-12,14,25H2,1,3-5H3,(H,42,45)(H,43,46)/b26-22+,30-8+. The van der Waals surface area contributed by atoms with Gasteiger partial charge in [-0.2, -0.15) is 13.2 Å². The van der Waals surface area contributed by atoms with Crippen molar-refractivity contribution in [3.63, 3.8) is 0 Å². The summed E-state index contributed by atoms with van der Waals surface area (Å²) in [4.78, 5) is 33.2. The lowest BCUT2D eigenvalue weighted by atomic mass is 10.0. The molecule has 244 valence electrons. The van der Waals surface area contributed by atoms with Crippen molar-refractivity contribution in [2.24, 2.45) is 0 Å². The molecule has 3 rings (SSSR count). The van der Waals surface area contributed by atoms with Crippen LogP contribution in [0.4, 0.5) is 24.5 Å². The summed E-state index contributed by atoms with van der Waals surface area (Å²) in [7, 11) is 0. The number of carbonyl (C=O) groups excluding carboxylic acids is 2. The normalized spacial score (nSPS) is 12.1. The maximum atomic E-state index is 13.4. The number of hydrogen-bond acceptors (Lipinski definition) is 4. The summed E-state index contributed by atoms with van der Waals surface area (Å²) in [5.74, 6) is -0.748. The topological polar surface area (TPSA) is 74.3 Å². The quantitative estimate of drug-likeness (QED) is 0.130. The molecule has 0 radical (unpaired) electrons. The molecule has 1 aromatic heterocycles. The van der Waals surface area contributed by atoms with E-state index in [1.54, 1.807) is 12.1 Å². The number of amides is 2. The first kappa shape index (κ1) is 35.8. The van der Waals surface area contributed by atoms with Gasteiger partial charge in [-0.15, -0.1) is 0 Å². The number of unbranched alkanes of at least 4 members (excludes halogenated alkanes) is 2. The van der Waals surface area contributed by atoms with Gasteiger partial charge < -0.3 is 15.5 Å². The lowest BCUT2D eigenvalue weighted by Gasteiger charge is -2.23. The Morgan fingerprint density at radius 1 is 0.957 bits per heavy atom. The minimum atomic E-state index is -4.52. The fourth-order valence-electron chi connectivity index (χ4n) is 4.99. The highest BCUT2D eigenvalue weighted by atomic mass is 19.4. The number of allylic oxidation sites excluding steroid dienone is 3. The van der Waals surface area contributed by atoms with Crippen LogP contribution in [0, 0.1) is 0 Å². The van der Waals surface area contributed by atoms with Crippen LogP contribution in [0.3, 0.4) is 0 Å². The largest absolute Gasteiger partial charge is 0.416 e. The summed E-state index contributed by atoms with van der Waals surface area (Å²) >= 11 is 0. The third kappa shape index (κ3) is 9.92. The van der Waals surface area contributed by atoms with E-state index >= 15 is 0 Å². The van der Waals surface area contributed by atoms with Gasteiger partial charge in [-0.05, 0) is 93.3 Å². The summed E-state index contributed by atoms with van der Waals surface area (Å²) in [6.45, 7) is 12.5. The molecule has 0 saturated carbocycles. The fourth-order valence-corrected chi connectivity index (χ4v) is 4.99. The molecule has 46 heavy (non-hydrogen) atoms. The van der Waals surface area contributed by atoms with Crippen LogP contribution in [0.1, 0.15) is 73.2 Å².